The molecule has 4 aromatic carbocycles. The molecule has 0 spiro atoms. The molecule has 1 aliphatic carbocycles. The Kier molecular flexibility index (Phi) is 14.9. The second-order valence-electron chi connectivity index (χ2n) is 21.1. The van der Waals surface area contributed by atoms with Crippen LogP contribution in [-0.4, -0.2) is 115 Å². The molecule has 0 radical (unpaired) electrons. The van der Waals surface area contributed by atoms with Crippen LogP contribution in [0, 0.1) is 13.8 Å². The number of fused-ring (bicyclic) bond motifs is 6. The molecular formula is C54H69N7O9Si. The maximum Gasteiger partial charge on any atom is 0.300 e. The summed E-state index contributed by atoms with van der Waals surface area (Å²) < 4.78 is 30.8. The summed E-state index contributed by atoms with van der Waals surface area (Å²) in [5.41, 5.74) is 8.35. The van der Waals surface area contributed by atoms with Gasteiger partial charge in [-0.25, -0.2) is 10.4 Å². The van der Waals surface area contributed by atoms with Crippen LogP contribution < -0.4 is 34.2 Å². The summed E-state index contributed by atoms with van der Waals surface area (Å²) in [5, 5.41) is 17.6. The first-order valence-corrected chi connectivity index (χ1v) is 28.3. The number of hydrogen-bond acceptors (Lipinski definition) is 13. The number of carboxylic acid groups (broad SMARTS) is 1. The Bertz CT molecular complexity index is 2620. The minimum absolute atomic E-state index is 0.0731. The van der Waals surface area contributed by atoms with Crippen LogP contribution in [0.15, 0.2) is 95.1 Å². The summed E-state index contributed by atoms with van der Waals surface area (Å²) in [5.74, 6) is 3.54. The molecule has 2 fully saturated rings. The summed E-state index contributed by atoms with van der Waals surface area (Å²) in [6.45, 7) is 23.2. The van der Waals surface area contributed by atoms with Gasteiger partial charge < -0.3 is 38.6 Å². The summed E-state index contributed by atoms with van der Waals surface area (Å²) >= 11 is 0. The molecular weight excluding hydrogens is 919 g/mol. The quantitative estimate of drug-likeness (QED) is 0.103. The van der Waals surface area contributed by atoms with E-state index in [1.54, 1.807) is 0 Å². The monoisotopic (exact) mass is 987 g/mol. The lowest BCUT2D eigenvalue weighted by molar-refractivity contribution is -0.138. The van der Waals surface area contributed by atoms with Crippen molar-refractivity contribution >= 4 is 48.9 Å². The van der Waals surface area contributed by atoms with E-state index in [0.717, 1.165) is 84.4 Å². The molecule has 2 unspecified atom stereocenters. The first-order valence-electron chi connectivity index (χ1n) is 24.6. The zero-order chi connectivity index (χ0) is 50.8. The van der Waals surface area contributed by atoms with Crippen LogP contribution in [0.4, 0.5) is 11.4 Å². The number of benzene rings is 4. The first kappa shape index (κ1) is 50.9. The van der Waals surface area contributed by atoms with Gasteiger partial charge in [0, 0.05) is 46.8 Å². The van der Waals surface area contributed by atoms with Gasteiger partial charge in [0.15, 0.2) is 11.7 Å². The number of amidine groups is 2. The normalized spacial score (nSPS) is 20.4. The topological polar surface area (TPSA) is 167 Å². The standard InChI is InChI=1S/C35H44N4O4Si.C17H21N3O3.C2H4O2/c1-25-19-31-29(39-26(2)34(40)38(36-32(39)21-42-31)24-41-17-18-44(4,5)6)20-30(25)43-35(3)22-37(23-35)33(27-13-9-7-10-14-27)28-15-11-8-12-16-28;1-10-7-14-12(8-13(10)23-17(3)5-4-6-17)20-11(2)16(21)19-18-15(20)9-22-14;1-2(3)4/h7-16,19-20,26,33H,17-18,21-24H2,1-6H3;7-8,11H,4-6,9H2,1-3H3,(H,19,21);1H3,(H,3,4). The number of aryl methyl sites for hydroxylation is 2. The number of rotatable bonds is 12. The predicted molar refractivity (Wildman–Crippen MR) is 278 cm³/mol. The van der Waals surface area contributed by atoms with Crippen molar-refractivity contribution in [2.75, 3.05) is 49.4 Å². The number of anilines is 2. The van der Waals surface area contributed by atoms with Crippen molar-refractivity contribution in [3.8, 4) is 23.0 Å². The molecule has 2 atom stereocenters. The molecule has 0 bridgehead atoms. The second-order valence-corrected chi connectivity index (χ2v) is 26.7. The van der Waals surface area contributed by atoms with Crippen LogP contribution in [0.3, 0.4) is 0 Å². The largest absolute Gasteiger partial charge is 0.487 e. The van der Waals surface area contributed by atoms with Gasteiger partial charge in [-0.2, -0.15) is 10.2 Å². The van der Waals surface area contributed by atoms with Crippen LogP contribution in [0.5, 0.6) is 23.0 Å². The van der Waals surface area contributed by atoms with Crippen molar-refractivity contribution in [3.05, 3.63) is 107 Å². The van der Waals surface area contributed by atoms with Gasteiger partial charge in [0.1, 0.15) is 66.2 Å². The van der Waals surface area contributed by atoms with Crippen molar-refractivity contribution < 1.29 is 43.2 Å². The lowest BCUT2D eigenvalue weighted by Gasteiger charge is -2.51. The molecule has 10 rings (SSSR count). The highest BCUT2D eigenvalue weighted by molar-refractivity contribution is 6.76. The van der Waals surface area contributed by atoms with E-state index < -0.39 is 20.1 Å². The molecule has 16 nitrogen and oxygen atoms in total. The molecule has 2 amide bonds. The van der Waals surface area contributed by atoms with E-state index in [1.165, 1.54) is 22.6 Å². The molecule has 17 heteroatoms. The molecule has 378 valence electrons. The number of amides is 2. The van der Waals surface area contributed by atoms with Crippen molar-refractivity contribution in [2.24, 2.45) is 10.2 Å². The highest BCUT2D eigenvalue weighted by atomic mass is 28.3. The minimum Gasteiger partial charge on any atom is -0.487 e. The molecule has 1 saturated carbocycles. The molecule has 0 aromatic heterocycles. The average molecular weight is 988 g/mol. The average Bonchev–Trinajstić information content (AvgIpc) is 3.30. The Morgan fingerprint density at radius 3 is 1.82 bits per heavy atom. The number of nitrogens with one attached hydrogen (secondary N) is 1. The fraction of sp³-hybridized carbons (Fsp3) is 0.463. The van der Waals surface area contributed by atoms with Crippen molar-refractivity contribution in [3.63, 3.8) is 0 Å². The summed E-state index contributed by atoms with van der Waals surface area (Å²) in [6, 6.07) is 29.8. The number of carboxylic acids is 1. The van der Waals surface area contributed by atoms with Crippen LogP contribution in [0.2, 0.25) is 25.7 Å². The Morgan fingerprint density at radius 2 is 1.31 bits per heavy atom. The van der Waals surface area contributed by atoms with Gasteiger partial charge in [0.2, 0.25) is 0 Å². The fourth-order valence-electron chi connectivity index (χ4n) is 9.58. The van der Waals surface area contributed by atoms with E-state index in [2.05, 4.69) is 115 Å². The number of carbonyl (C=O) groups is 3. The van der Waals surface area contributed by atoms with Gasteiger partial charge in [0.25, 0.3) is 17.8 Å². The second kappa shape index (κ2) is 20.7. The van der Waals surface area contributed by atoms with E-state index >= 15 is 0 Å². The lowest BCUT2D eigenvalue weighted by atomic mass is 9.82. The Morgan fingerprint density at radius 1 is 0.803 bits per heavy atom. The van der Waals surface area contributed by atoms with Gasteiger partial charge in [0.05, 0.1) is 17.4 Å². The number of carbonyl (C=O) groups excluding carboxylic acids is 2. The molecule has 5 aliphatic heterocycles. The van der Waals surface area contributed by atoms with Crippen molar-refractivity contribution in [1.82, 2.24) is 15.3 Å². The van der Waals surface area contributed by atoms with Gasteiger partial charge >= 0.3 is 0 Å². The molecule has 1 saturated heterocycles. The summed E-state index contributed by atoms with van der Waals surface area (Å²) in [6.07, 6.45) is 3.37. The number of hydrazone groups is 2. The van der Waals surface area contributed by atoms with Crippen LogP contribution in [0.25, 0.3) is 0 Å². The van der Waals surface area contributed by atoms with Crippen molar-refractivity contribution in [1.29, 1.82) is 0 Å². The Hall–Kier alpha value is -6.43. The Labute approximate surface area is 418 Å². The van der Waals surface area contributed by atoms with Crippen LogP contribution in [-0.2, 0) is 19.1 Å². The minimum atomic E-state index is -1.22. The third-order valence-electron chi connectivity index (χ3n) is 13.6. The van der Waals surface area contributed by atoms with E-state index in [-0.39, 0.29) is 41.8 Å². The molecule has 4 aromatic rings. The third-order valence-corrected chi connectivity index (χ3v) is 15.3. The zero-order valence-electron chi connectivity index (χ0n) is 42.8. The van der Waals surface area contributed by atoms with Gasteiger partial charge in [-0.1, -0.05) is 80.3 Å². The highest BCUT2D eigenvalue weighted by Gasteiger charge is 2.46. The van der Waals surface area contributed by atoms with Crippen molar-refractivity contribution in [2.45, 2.75) is 123 Å². The maximum atomic E-state index is 13.4. The fourth-order valence-corrected chi connectivity index (χ4v) is 10.3. The Balaban J connectivity index is 0.000000208. The van der Waals surface area contributed by atoms with Crippen LogP contribution in [0.1, 0.15) is 82.2 Å². The predicted octanol–water partition coefficient (Wildman–Crippen LogP) is 8.73. The molecule has 71 heavy (non-hydrogen) atoms. The lowest BCUT2D eigenvalue weighted by Crippen LogP contribution is -2.64. The maximum absolute atomic E-state index is 13.4. The van der Waals surface area contributed by atoms with E-state index in [4.69, 9.17) is 33.6 Å². The molecule has 2 N–H and O–H groups in total. The highest BCUT2D eigenvalue weighted by Crippen LogP contribution is 2.45. The number of likely N-dealkylation sites (tertiary alicyclic amines) is 1. The van der Waals surface area contributed by atoms with Gasteiger partial charge in [-0.05, 0) is 101 Å². The van der Waals surface area contributed by atoms with Gasteiger partial charge in [-0.15, -0.1) is 0 Å². The van der Waals surface area contributed by atoms with E-state index in [1.807, 2.05) is 61.8 Å². The number of nitrogens with zero attached hydrogens (tertiary/aromatic N) is 6. The number of aliphatic carboxylic acids is 1. The molecule has 5 heterocycles. The zero-order valence-corrected chi connectivity index (χ0v) is 43.8. The number of ether oxygens (including phenoxy) is 5. The molecule has 6 aliphatic rings. The number of hydrogen-bond donors (Lipinski definition) is 2. The third kappa shape index (κ3) is 11.5. The first-order chi connectivity index (χ1) is 33.7. The summed E-state index contributed by atoms with van der Waals surface area (Å²) in [4.78, 5) is 40.7. The summed E-state index contributed by atoms with van der Waals surface area (Å²) in [7, 11) is -1.22. The van der Waals surface area contributed by atoms with Crippen LogP contribution >= 0.6 is 0 Å². The SMILES string of the molecule is CC(=O)O.Cc1cc2c(cc1OC1(C)CCC1)N1C(=NNC(=O)C1C)CO2.Cc1cc2c(cc1OC1(C)CN(C(c3ccccc3)c3ccccc3)C1)N1C(=NN(COCC[Si](C)(C)C)C(=O)C1C)CO2. The smallest absolute Gasteiger partial charge is 0.300 e. The van der Waals surface area contributed by atoms with E-state index in [0.29, 0.717) is 31.5 Å². The van der Waals surface area contributed by atoms with E-state index in [9.17, 15) is 9.59 Å². The van der Waals surface area contributed by atoms with Gasteiger partial charge in [-0.3, -0.25) is 19.3 Å².